The first-order valence-electron chi connectivity index (χ1n) is 5.99. The number of hydrogen-bond donors (Lipinski definition) is 2. The Balaban J connectivity index is 2.25. The molecule has 2 N–H and O–H groups in total. The second-order valence-electron chi connectivity index (χ2n) is 5.44. The van der Waals surface area contributed by atoms with Crippen LogP contribution in [0.3, 0.4) is 0 Å². The molecule has 88 valence electrons. The van der Waals surface area contributed by atoms with Crippen LogP contribution in [-0.2, 0) is 4.79 Å². The van der Waals surface area contributed by atoms with Gasteiger partial charge in [-0.3, -0.25) is 4.79 Å². The van der Waals surface area contributed by atoms with Gasteiger partial charge in [0.25, 0.3) is 0 Å². The summed E-state index contributed by atoms with van der Waals surface area (Å²) < 4.78 is 0. The molecule has 15 heavy (non-hydrogen) atoms. The van der Waals surface area contributed by atoms with Gasteiger partial charge in [0.1, 0.15) is 0 Å². The zero-order valence-corrected chi connectivity index (χ0v) is 10.2. The second-order valence-corrected chi connectivity index (χ2v) is 5.44. The topological polar surface area (TPSA) is 41.1 Å². The van der Waals surface area contributed by atoms with Crippen molar-refractivity contribution in [3.63, 3.8) is 0 Å². The molecule has 1 aliphatic heterocycles. The molecule has 0 spiro atoms. The molecule has 0 atom stereocenters. The molecule has 0 aromatic carbocycles. The van der Waals surface area contributed by atoms with Gasteiger partial charge in [-0.1, -0.05) is 20.8 Å². The molecule has 0 unspecified atom stereocenters. The van der Waals surface area contributed by atoms with E-state index in [9.17, 15) is 4.79 Å². The van der Waals surface area contributed by atoms with Crippen molar-refractivity contribution in [2.75, 3.05) is 19.6 Å². The van der Waals surface area contributed by atoms with Crippen LogP contribution in [0.2, 0.25) is 0 Å². The van der Waals surface area contributed by atoms with Crippen molar-refractivity contribution in [1.29, 1.82) is 0 Å². The van der Waals surface area contributed by atoms with Crippen LogP contribution in [0.1, 0.15) is 40.0 Å². The molecule has 1 amide bonds. The smallest absolute Gasteiger partial charge is 0.220 e. The Labute approximate surface area is 93.0 Å². The number of carbonyl (C=O) groups is 1. The highest BCUT2D eigenvalue weighted by Crippen LogP contribution is 2.26. The molecule has 1 heterocycles. The Kier molecular flexibility index (Phi) is 4.58. The molecule has 0 aromatic heterocycles. The molecular formula is C12H24N2O. The van der Waals surface area contributed by atoms with E-state index in [1.165, 1.54) is 0 Å². The monoisotopic (exact) mass is 212 g/mol. The van der Waals surface area contributed by atoms with E-state index in [0.717, 1.165) is 32.5 Å². The fourth-order valence-corrected chi connectivity index (χ4v) is 1.96. The lowest BCUT2D eigenvalue weighted by atomic mass is 9.81. The van der Waals surface area contributed by atoms with Crippen LogP contribution in [0, 0.1) is 11.3 Å². The van der Waals surface area contributed by atoms with Gasteiger partial charge in [0.2, 0.25) is 5.91 Å². The van der Waals surface area contributed by atoms with Crippen LogP contribution in [-0.4, -0.2) is 25.5 Å². The number of rotatable bonds is 4. The predicted octanol–water partition coefficient (Wildman–Crippen LogP) is 1.54. The third-order valence-corrected chi connectivity index (χ3v) is 3.12. The Hall–Kier alpha value is -0.570. The normalized spacial score (nSPS) is 20.3. The van der Waals surface area contributed by atoms with E-state index >= 15 is 0 Å². The highest BCUT2D eigenvalue weighted by atomic mass is 16.1. The van der Waals surface area contributed by atoms with Crippen molar-refractivity contribution >= 4 is 5.91 Å². The first-order valence-corrected chi connectivity index (χ1v) is 5.99. The maximum Gasteiger partial charge on any atom is 0.220 e. The van der Waals surface area contributed by atoms with Crippen LogP contribution in [0.25, 0.3) is 0 Å². The molecule has 0 aromatic rings. The molecule has 1 rings (SSSR count). The van der Waals surface area contributed by atoms with Crippen LogP contribution >= 0.6 is 0 Å². The minimum absolute atomic E-state index is 0.199. The maximum atomic E-state index is 11.5. The number of nitrogens with one attached hydrogen (secondary N) is 2. The summed E-state index contributed by atoms with van der Waals surface area (Å²) in [5.74, 6) is 0.649. The summed E-state index contributed by atoms with van der Waals surface area (Å²) in [6, 6.07) is 0. The summed E-state index contributed by atoms with van der Waals surface area (Å²) >= 11 is 0. The predicted molar refractivity (Wildman–Crippen MR) is 62.7 cm³/mol. The lowest BCUT2D eigenvalue weighted by Gasteiger charge is -2.34. The summed E-state index contributed by atoms with van der Waals surface area (Å²) in [7, 11) is 0. The number of amides is 1. The molecular weight excluding hydrogens is 188 g/mol. The van der Waals surface area contributed by atoms with E-state index in [1.807, 2.05) is 0 Å². The third-order valence-electron chi connectivity index (χ3n) is 3.12. The number of carbonyl (C=O) groups excluding carboxylic acids is 1. The summed E-state index contributed by atoms with van der Waals surface area (Å²) in [5, 5.41) is 6.40. The Morgan fingerprint density at radius 2 is 2.00 bits per heavy atom. The van der Waals surface area contributed by atoms with Gasteiger partial charge in [-0.25, -0.2) is 0 Å². The van der Waals surface area contributed by atoms with E-state index in [0.29, 0.717) is 17.8 Å². The van der Waals surface area contributed by atoms with Gasteiger partial charge in [0.05, 0.1) is 0 Å². The van der Waals surface area contributed by atoms with Crippen LogP contribution in [0.15, 0.2) is 0 Å². The zero-order valence-electron chi connectivity index (χ0n) is 10.2. The van der Waals surface area contributed by atoms with Crippen LogP contribution in [0.5, 0.6) is 0 Å². The van der Waals surface area contributed by atoms with Gasteiger partial charge in [-0.2, -0.15) is 0 Å². The summed E-state index contributed by atoms with van der Waals surface area (Å²) in [6.45, 7) is 9.41. The molecule has 0 radical (unpaired) electrons. The van der Waals surface area contributed by atoms with Crippen molar-refractivity contribution in [1.82, 2.24) is 10.6 Å². The summed E-state index contributed by atoms with van der Waals surface area (Å²) in [4.78, 5) is 11.5. The van der Waals surface area contributed by atoms with E-state index in [2.05, 4.69) is 31.4 Å². The van der Waals surface area contributed by atoms with E-state index in [4.69, 9.17) is 0 Å². The first-order chi connectivity index (χ1) is 7.02. The van der Waals surface area contributed by atoms with Crippen molar-refractivity contribution < 1.29 is 4.79 Å². The molecule has 1 fully saturated rings. The second kappa shape index (κ2) is 5.50. The largest absolute Gasteiger partial charge is 0.356 e. The van der Waals surface area contributed by atoms with E-state index in [1.54, 1.807) is 0 Å². The fraction of sp³-hybridized carbons (Fsp3) is 0.917. The van der Waals surface area contributed by atoms with Gasteiger partial charge in [0.15, 0.2) is 0 Å². The molecule has 0 saturated carbocycles. The average Bonchev–Trinajstić information content (AvgIpc) is 2.15. The highest BCUT2D eigenvalue weighted by Gasteiger charge is 2.26. The van der Waals surface area contributed by atoms with Gasteiger partial charge in [-0.05, 0) is 37.3 Å². The van der Waals surface area contributed by atoms with Gasteiger partial charge >= 0.3 is 0 Å². The van der Waals surface area contributed by atoms with Gasteiger partial charge < -0.3 is 10.6 Å². The van der Waals surface area contributed by atoms with Crippen molar-refractivity contribution in [2.24, 2.45) is 11.3 Å². The number of piperidine rings is 1. The third kappa shape index (κ3) is 4.65. The van der Waals surface area contributed by atoms with Crippen molar-refractivity contribution in [3.05, 3.63) is 0 Å². The Morgan fingerprint density at radius 3 is 2.53 bits per heavy atom. The summed E-state index contributed by atoms with van der Waals surface area (Å²) in [5.41, 5.74) is 0.303. The quantitative estimate of drug-likeness (QED) is 0.742. The van der Waals surface area contributed by atoms with E-state index < -0.39 is 0 Å². The maximum absolute atomic E-state index is 11.5. The minimum atomic E-state index is 0.199. The zero-order chi connectivity index (χ0) is 11.3. The van der Waals surface area contributed by atoms with E-state index in [-0.39, 0.29) is 5.91 Å². The van der Waals surface area contributed by atoms with Gasteiger partial charge in [0, 0.05) is 13.0 Å². The molecule has 0 aliphatic carbocycles. The number of hydrogen-bond acceptors (Lipinski definition) is 2. The molecule has 3 heteroatoms. The van der Waals surface area contributed by atoms with Crippen LogP contribution < -0.4 is 10.6 Å². The lowest BCUT2D eigenvalue weighted by Crippen LogP contribution is -2.43. The average molecular weight is 212 g/mol. The highest BCUT2D eigenvalue weighted by molar-refractivity contribution is 5.76. The SMILES string of the molecule is CC(C)CC(=O)NCC1(C)CCNCC1. The van der Waals surface area contributed by atoms with Gasteiger partial charge in [-0.15, -0.1) is 0 Å². The summed E-state index contributed by atoms with van der Waals surface area (Å²) in [6.07, 6.45) is 2.97. The Bertz CT molecular complexity index is 208. The van der Waals surface area contributed by atoms with Crippen molar-refractivity contribution in [3.8, 4) is 0 Å². The van der Waals surface area contributed by atoms with Crippen LogP contribution in [0.4, 0.5) is 0 Å². The molecule has 1 saturated heterocycles. The Morgan fingerprint density at radius 1 is 1.40 bits per heavy atom. The van der Waals surface area contributed by atoms with Crippen molar-refractivity contribution in [2.45, 2.75) is 40.0 Å². The molecule has 0 bridgehead atoms. The fourth-order valence-electron chi connectivity index (χ4n) is 1.96. The minimum Gasteiger partial charge on any atom is -0.356 e. The molecule has 1 aliphatic rings. The lowest BCUT2D eigenvalue weighted by molar-refractivity contribution is -0.122. The molecule has 3 nitrogen and oxygen atoms in total. The standard InChI is InChI=1S/C12H24N2O/c1-10(2)8-11(15)14-9-12(3)4-6-13-7-5-12/h10,13H,4-9H2,1-3H3,(H,14,15). The first kappa shape index (κ1) is 12.5.